The molecule has 22 heavy (non-hydrogen) atoms. The van der Waals surface area contributed by atoms with E-state index in [1.165, 1.54) is 29.5 Å². The first-order valence-corrected chi connectivity index (χ1v) is 8.12. The van der Waals surface area contributed by atoms with Gasteiger partial charge in [-0.05, 0) is 18.1 Å². The van der Waals surface area contributed by atoms with Crippen molar-refractivity contribution in [2.24, 2.45) is 5.92 Å². The van der Waals surface area contributed by atoms with E-state index in [-0.39, 0.29) is 0 Å². The van der Waals surface area contributed by atoms with Crippen LogP contribution in [-0.4, -0.2) is 44.7 Å². The molecule has 0 spiro atoms. The Bertz CT molecular complexity index is 651. The molecular formula is C19H26N2O. The van der Waals surface area contributed by atoms with Crippen LogP contribution in [-0.2, 0) is 0 Å². The second kappa shape index (κ2) is 6.17. The number of nitrogens with zero attached hydrogens (tertiary/aromatic N) is 2. The summed E-state index contributed by atoms with van der Waals surface area (Å²) in [6, 6.07) is 13.3. The molecule has 118 valence electrons. The zero-order chi connectivity index (χ0) is 15.7. The van der Waals surface area contributed by atoms with E-state index in [1.54, 1.807) is 0 Å². The Morgan fingerprint density at radius 3 is 2.55 bits per heavy atom. The van der Waals surface area contributed by atoms with E-state index in [1.807, 2.05) is 0 Å². The second-order valence-electron chi connectivity index (χ2n) is 6.84. The number of hydrogen-bond donors (Lipinski definition) is 0. The molecule has 3 rings (SSSR count). The van der Waals surface area contributed by atoms with Gasteiger partial charge < -0.3 is 9.64 Å². The quantitative estimate of drug-likeness (QED) is 0.757. The Kier molecular flexibility index (Phi) is 4.25. The Morgan fingerprint density at radius 2 is 1.86 bits per heavy atom. The Hall–Kier alpha value is -1.74. The van der Waals surface area contributed by atoms with Gasteiger partial charge in [-0.15, -0.1) is 0 Å². The highest BCUT2D eigenvalue weighted by molar-refractivity contribution is 5.98. The topological polar surface area (TPSA) is 15.5 Å². The van der Waals surface area contributed by atoms with Crippen LogP contribution >= 0.6 is 0 Å². The number of ether oxygens (including phenoxy) is 1. The van der Waals surface area contributed by atoms with Crippen molar-refractivity contribution in [3.05, 3.63) is 36.4 Å². The van der Waals surface area contributed by atoms with E-state index >= 15 is 0 Å². The molecule has 0 amide bonds. The smallest absolute Gasteiger partial charge is 0.127 e. The maximum absolute atomic E-state index is 6.13. The minimum atomic E-state index is 0.592. The van der Waals surface area contributed by atoms with Gasteiger partial charge in [-0.2, -0.15) is 0 Å². The van der Waals surface area contributed by atoms with Crippen LogP contribution in [0.25, 0.3) is 10.8 Å². The summed E-state index contributed by atoms with van der Waals surface area (Å²) >= 11 is 0. The molecule has 3 heteroatoms. The maximum Gasteiger partial charge on any atom is 0.127 e. The van der Waals surface area contributed by atoms with Crippen molar-refractivity contribution in [2.45, 2.75) is 19.9 Å². The van der Waals surface area contributed by atoms with E-state index in [0.717, 1.165) is 18.3 Å². The van der Waals surface area contributed by atoms with Gasteiger partial charge in [-0.25, -0.2) is 0 Å². The average Bonchev–Trinajstić information content (AvgIpc) is 3.21. The third-order valence-electron chi connectivity index (χ3n) is 4.20. The Morgan fingerprint density at radius 1 is 1.14 bits per heavy atom. The predicted octanol–water partition coefficient (Wildman–Crippen LogP) is 3.62. The minimum absolute atomic E-state index is 0.592. The first-order chi connectivity index (χ1) is 10.6. The molecule has 3 nitrogen and oxygen atoms in total. The molecule has 1 aliphatic rings. The molecule has 0 radical (unpaired) electrons. The molecule has 2 aromatic rings. The SMILES string of the molecule is CC(C)CN1CC1COc1ccc(N(C)C)c2ccccc12. The lowest BCUT2D eigenvalue weighted by Gasteiger charge is -2.18. The van der Waals surface area contributed by atoms with Crippen molar-refractivity contribution in [1.82, 2.24) is 4.90 Å². The normalized spacial score (nSPS) is 20.4. The molecule has 0 aromatic heterocycles. The molecule has 0 aliphatic carbocycles. The largest absolute Gasteiger partial charge is 0.491 e. The molecule has 2 aromatic carbocycles. The lowest BCUT2D eigenvalue weighted by molar-refractivity contribution is 0.290. The number of fused-ring (bicyclic) bond motifs is 1. The zero-order valence-corrected chi connectivity index (χ0v) is 14.0. The Labute approximate surface area is 133 Å². The fourth-order valence-electron chi connectivity index (χ4n) is 3.03. The summed E-state index contributed by atoms with van der Waals surface area (Å²) < 4.78 is 6.13. The first kappa shape index (κ1) is 15.2. The van der Waals surface area contributed by atoms with Crippen molar-refractivity contribution in [3.8, 4) is 5.75 Å². The van der Waals surface area contributed by atoms with Crippen LogP contribution in [0, 0.1) is 5.92 Å². The van der Waals surface area contributed by atoms with Gasteiger partial charge in [-0.1, -0.05) is 38.1 Å². The summed E-state index contributed by atoms with van der Waals surface area (Å²) in [5.41, 5.74) is 1.23. The molecule has 1 aliphatic heterocycles. The van der Waals surface area contributed by atoms with Crippen LogP contribution in [0.1, 0.15) is 13.8 Å². The number of rotatable bonds is 6. The predicted molar refractivity (Wildman–Crippen MR) is 94.0 cm³/mol. The molecule has 1 heterocycles. The van der Waals surface area contributed by atoms with Crippen molar-refractivity contribution >= 4 is 16.5 Å². The van der Waals surface area contributed by atoms with Gasteiger partial charge in [0.05, 0.1) is 6.04 Å². The summed E-state index contributed by atoms with van der Waals surface area (Å²) in [5.74, 6) is 1.72. The van der Waals surface area contributed by atoms with Crippen LogP contribution < -0.4 is 9.64 Å². The summed E-state index contributed by atoms with van der Waals surface area (Å²) in [7, 11) is 4.16. The van der Waals surface area contributed by atoms with Gasteiger partial charge in [0.2, 0.25) is 0 Å². The number of hydrogen-bond acceptors (Lipinski definition) is 3. The van der Waals surface area contributed by atoms with E-state index in [0.29, 0.717) is 6.04 Å². The highest BCUT2D eigenvalue weighted by atomic mass is 16.5. The van der Waals surface area contributed by atoms with Crippen LogP contribution in [0.15, 0.2) is 36.4 Å². The highest BCUT2D eigenvalue weighted by Gasteiger charge is 2.34. The Balaban J connectivity index is 1.74. The van der Waals surface area contributed by atoms with Crippen LogP contribution in [0.2, 0.25) is 0 Å². The van der Waals surface area contributed by atoms with E-state index in [4.69, 9.17) is 4.74 Å². The van der Waals surface area contributed by atoms with Gasteiger partial charge in [0.15, 0.2) is 0 Å². The van der Waals surface area contributed by atoms with Crippen molar-refractivity contribution in [2.75, 3.05) is 38.7 Å². The molecule has 2 unspecified atom stereocenters. The summed E-state index contributed by atoms with van der Waals surface area (Å²) in [4.78, 5) is 4.64. The van der Waals surface area contributed by atoms with Gasteiger partial charge in [0.25, 0.3) is 0 Å². The van der Waals surface area contributed by atoms with Crippen molar-refractivity contribution in [1.29, 1.82) is 0 Å². The first-order valence-electron chi connectivity index (χ1n) is 8.12. The minimum Gasteiger partial charge on any atom is -0.491 e. The van der Waals surface area contributed by atoms with Gasteiger partial charge in [0.1, 0.15) is 12.4 Å². The fraction of sp³-hybridized carbons (Fsp3) is 0.474. The van der Waals surface area contributed by atoms with Gasteiger partial charge in [-0.3, -0.25) is 4.90 Å². The summed E-state index contributed by atoms with van der Waals surface area (Å²) in [6.45, 7) is 7.67. The van der Waals surface area contributed by atoms with E-state index < -0.39 is 0 Å². The van der Waals surface area contributed by atoms with E-state index in [9.17, 15) is 0 Å². The summed E-state index contributed by atoms with van der Waals surface area (Å²) in [5, 5.41) is 2.45. The molecule has 1 saturated heterocycles. The number of anilines is 1. The third kappa shape index (κ3) is 3.20. The molecule has 0 saturated carbocycles. The van der Waals surface area contributed by atoms with Gasteiger partial charge in [0, 0.05) is 43.6 Å². The molecule has 2 atom stereocenters. The highest BCUT2D eigenvalue weighted by Crippen LogP contribution is 2.33. The average molecular weight is 298 g/mol. The van der Waals surface area contributed by atoms with Crippen LogP contribution in [0.4, 0.5) is 5.69 Å². The summed E-state index contributed by atoms with van der Waals surface area (Å²) in [6.07, 6.45) is 0. The lowest BCUT2D eigenvalue weighted by Crippen LogP contribution is -2.15. The monoisotopic (exact) mass is 298 g/mol. The van der Waals surface area contributed by atoms with E-state index in [2.05, 4.69) is 74.1 Å². The molecule has 0 N–H and O–H groups in total. The molecular weight excluding hydrogens is 272 g/mol. The standard InChI is InChI=1S/C19H26N2O/c1-14(2)11-21-12-15(21)13-22-19-10-9-18(20(3)4)16-7-5-6-8-17(16)19/h5-10,14-15H,11-13H2,1-4H3. The third-order valence-corrected chi connectivity index (χ3v) is 4.20. The maximum atomic E-state index is 6.13. The van der Waals surface area contributed by atoms with Crippen LogP contribution in [0.5, 0.6) is 5.75 Å². The zero-order valence-electron chi connectivity index (χ0n) is 14.0. The van der Waals surface area contributed by atoms with Crippen molar-refractivity contribution in [3.63, 3.8) is 0 Å². The fourth-order valence-corrected chi connectivity index (χ4v) is 3.03. The van der Waals surface area contributed by atoms with Gasteiger partial charge >= 0.3 is 0 Å². The molecule has 0 bridgehead atoms. The van der Waals surface area contributed by atoms with Crippen LogP contribution in [0.3, 0.4) is 0 Å². The second-order valence-corrected chi connectivity index (χ2v) is 6.84. The number of benzene rings is 2. The van der Waals surface area contributed by atoms with Crippen molar-refractivity contribution < 1.29 is 4.74 Å². The lowest BCUT2D eigenvalue weighted by atomic mass is 10.1. The molecule has 1 fully saturated rings.